The Balaban J connectivity index is 3.35. The summed E-state index contributed by atoms with van der Waals surface area (Å²) in [6, 6.07) is 0. The van der Waals surface area contributed by atoms with E-state index in [1.54, 1.807) is 0 Å². The van der Waals surface area contributed by atoms with Gasteiger partial charge in [-0.15, -0.1) is 0 Å². The summed E-state index contributed by atoms with van der Waals surface area (Å²) >= 11 is 0. The Hall–Kier alpha value is -0.530. The minimum absolute atomic E-state index is 0.342. The average Bonchev–Trinajstić information content (AvgIpc) is 2.49. The highest BCUT2D eigenvalue weighted by Gasteiger charge is 2.07. The zero-order chi connectivity index (χ0) is 15.8. The number of hydrogen-bond donors (Lipinski definition) is 0. The van der Waals surface area contributed by atoms with E-state index in [1.165, 1.54) is 77.0 Å². The van der Waals surface area contributed by atoms with E-state index in [9.17, 15) is 4.79 Å². The standard InChI is InChI=1S/C19H39NO/c1-4-6-8-10-11-12-14-16-18-20(3)19(21)17-15-13-9-7-5-2/h4-18H2,1-3H3. The highest BCUT2D eigenvalue weighted by Crippen LogP contribution is 2.10. The van der Waals surface area contributed by atoms with Crippen LogP contribution < -0.4 is 0 Å². The summed E-state index contributed by atoms with van der Waals surface area (Å²) in [4.78, 5) is 13.9. The predicted molar refractivity (Wildman–Crippen MR) is 93.6 cm³/mol. The molecule has 0 aromatic carbocycles. The molecule has 0 saturated heterocycles. The van der Waals surface area contributed by atoms with Crippen LogP contribution in [0.15, 0.2) is 0 Å². The number of rotatable bonds is 15. The van der Waals surface area contributed by atoms with Crippen molar-refractivity contribution in [3.05, 3.63) is 0 Å². The molecule has 0 bridgehead atoms. The second kappa shape index (κ2) is 15.9. The zero-order valence-corrected chi connectivity index (χ0v) is 15.0. The van der Waals surface area contributed by atoms with Gasteiger partial charge in [-0.1, -0.05) is 84.5 Å². The highest BCUT2D eigenvalue weighted by atomic mass is 16.2. The smallest absolute Gasteiger partial charge is 0.222 e. The van der Waals surface area contributed by atoms with Crippen molar-refractivity contribution in [2.24, 2.45) is 0 Å². The maximum Gasteiger partial charge on any atom is 0.222 e. The lowest BCUT2D eigenvalue weighted by atomic mass is 10.1. The molecule has 0 aliphatic carbocycles. The summed E-state index contributed by atoms with van der Waals surface area (Å²) in [5.41, 5.74) is 0. The molecule has 0 rings (SSSR count). The van der Waals surface area contributed by atoms with Crippen molar-refractivity contribution in [2.75, 3.05) is 13.6 Å². The average molecular weight is 298 g/mol. The highest BCUT2D eigenvalue weighted by molar-refractivity contribution is 5.75. The van der Waals surface area contributed by atoms with Gasteiger partial charge in [0.2, 0.25) is 5.91 Å². The number of amides is 1. The molecule has 2 heteroatoms. The van der Waals surface area contributed by atoms with Gasteiger partial charge >= 0.3 is 0 Å². The Bertz CT molecular complexity index is 228. The first-order chi connectivity index (χ1) is 10.2. The van der Waals surface area contributed by atoms with E-state index >= 15 is 0 Å². The van der Waals surface area contributed by atoms with E-state index in [-0.39, 0.29) is 0 Å². The fraction of sp³-hybridized carbons (Fsp3) is 0.947. The first-order valence-electron chi connectivity index (χ1n) is 9.46. The Morgan fingerprint density at radius 3 is 1.62 bits per heavy atom. The first kappa shape index (κ1) is 20.5. The third-order valence-corrected chi connectivity index (χ3v) is 4.27. The molecule has 1 amide bonds. The largest absolute Gasteiger partial charge is 0.346 e. The Morgan fingerprint density at radius 1 is 0.667 bits per heavy atom. The molecule has 0 fully saturated rings. The van der Waals surface area contributed by atoms with Crippen molar-refractivity contribution in [1.82, 2.24) is 4.90 Å². The lowest BCUT2D eigenvalue weighted by Gasteiger charge is -2.17. The number of hydrogen-bond acceptors (Lipinski definition) is 1. The molecule has 0 unspecified atom stereocenters. The second-order valence-electron chi connectivity index (χ2n) is 6.45. The van der Waals surface area contributed by atoms with Gasteiger partial charge in [-0.3, -0.25) is 4.79 Å². The zero-order valence-electron chi connectivity index (χ0n) is 15.0. The number of carbonyl (C=O) groups is 1. The van der Waals surface area contributed by atoms with Crippen LogP contribution in [0.2, 0.25) is 0 Å². The molecule has 0 radical (unpaired) electrons. The molecule has 0 aromatic rings. The molecular formula is C19H39NO. The molecule has 0 saturated carbocycles. The SMILES string of the molecule is CCCCCCCCCCN(C)C(=O)CCCCCCC. The Kier molecular flexibility index (Phi) is 15.5. The molecule has 2 nitrogen and oxygen atoms in total. The third-order valence-electron chi connectivity index (χ3n) is 4.27. The topological polar surface area (TPSA) is 20.3 Å². The van der Waals surface area contributed by atoms with Gasteiger partial charge in [0.15, 0.2) is 0 Å². The van der Waals surface area contributed by atoms with Crippen LogP contribution in [0.1, 0.15) is 104 Å². The molecule has 0 N–H and O–H groups in total. The summed E-state index contributed by atoms with van der Waals surface area (Å²) < 4.78 is 0. The first-order valence-corrected chi connectivity index (χ1v) is 9.46. The third kappa shape index (κ3) is 14.2. The van der Waals surface area contributed by atoms with E-state index in [0.29, 0.717) is 5.91 Å². The normalized spacial score (nSPS) is 10.8. The van der Waals surface area contributed by atoms with Gasteiger partial charge < -0.3 is 4.90 Å². The van der Waals surface area contributed by atoms with Gasteiger partial charge in [0.1, 0.15) is 0 Å². The monoisotopic (exact) mass is 297 g/mol. The van der Waals surface area contributed by atoms with Crippen molar-refractivity contribution < 1.29 is 4.79 Å². The predicted octanol–water partition coefficient (Wildman–Crippen LogP) is 5.95. The Labute approximate surface area is 133 Å². The van der Waals surface area contributed by atoms with Crippen LogP contribution in [0.4, 0.5) is 0 Å². The van der Waals surface area contributed by atoms with E-state index in [4.69, 9.17) is 0 Å². The Morgan fingerprint density at radius 2 is 1.10 bits per heavy atom. The quantitative estimate of drug-likeness (QED) is 0.342. The summed E-state index contributed by atoms with van der Waals surface area (Å²) in [5, 5.41) is 0. The summed E-state index contributed by atoms with van der Waals surface area (Å²) in [5.74, 6) is 0.342. The minimum atomic E-state index is 0.342. The van der Waals surface area contributed by atoms with Crippen molar-refractivity contribution in [2.45, 2.75) is 104 Å². The molecule has 21 heavy (non-hydrogen) atoms. The van der Waals surface area contributed by atoms with Gasteiger partial charge in [-0.05, 0) is 12.8 Å². The molecule has 126 valence electrons. The van der Waals surface area contributed by atoms with E-state index in [2.05, 4.69) is 13.8 Å². The molecule has 0 spiro atoms. The minimum Gasteiger partial charge on any atom is -0.346 e. The van der Waals surface area contributed by atoms with Crippen LogP contribution in [0.3, 0.4) is 0 Å². The number of nitrogens with zero attached hydrogens (tertiary/aromatic N) is 1. The maximum atomic E-state index is 11.9. The molecule has 0 heterocycles. The van der Waals surface area contributed by atoms with Crippen molar-refractivity contribution in [3.8, 4) is 0 Å². The summed E-state index contributed by atoms with van der Waals surface area (Å²) in [6.07, 6.45) is 17.5. The summed E-state index contributed by atoms with van der Waals surface area (Å²) in [6.45, 7) is 5.43. The fourth-order valence-corrected chi connectivity index (χ4v) is 2.68. The molecule has 0 aliphatic rings. The van der Waals surface area contributed by atoms with Crippen LogP contribution >= 0.6 is 0 Å². The lowest BCUT2D eigenvalue weighted by molar-refractivity contribution is -0.130. The number of carbonyl (C=O) groups excluding carboxylic acids is 1. The maximum absolute atomic E-state index is 11.9. The van der Waals surface area contributed by atoms with Crippen LogP contribution in [0.25, 0.3) is 0 Å². The van der Waals surface area contributed by atoms with E-state index < -0.39 is 0 Å². The van der Waals surface area contributed by atoms with Crippen molar-refractivity contribution in [1.29, 1.82) is 0 Å². The van der Waals surface area contributed by atoms with Crippen LogP contribution in [0.5, 0.6) is 0 Å². The van der Waals surface area contributed by atoms with Gasteiger partial charge in [0.25, 0.3) is 0 Å². The molecule has 0 aliphatic heterocycles. The second-order valence-corrected chi connectivity index (χ2v) is 6.45. The van der Waals surface area contributed by atoms with Crippen LogP contribution in [0, 0.1) is 0 Å². The fourth-order valence-electron chi connectivity index (χ4n) is 2.68. The van der Waals surface area contributed by atoms with Gasteiger partial charge in [0, 0.05) is 20.0 Å². The van der Waals surface area contributed by atoms with E-state index in [0.717, 1.165) is 19.4 Å². The van der Waals surface area contributed by atoms with E-state index in [1.807, 2.05) is 11.9 Å². The van der Waals surface area contributed by atoms with Gasteiger partial charge in [-0.2, -0.15) is 0 Å². The van der Waals surface area contributed by atoms with Crippen LogP contribution in [-0.4, -0.2) is 24.4 Å². The van der Waals surface area contributed by atoms with Gasteiger partial charge in [-0.25, -0.2) is 0 Å². The lowest BCUT2D eigenvalue weighted by Crippen LogP contribution is -2.27. The van der Waals surface area contributed by atoms with Crippen LogP contribution in [-0.2, 0) is 4.79 Å². The van der Waals surface area contributed by atoms with Crippen molar-refractivity contribution in [3.63, 3.8) is 0 Å². The molecule has 0 aromatic heterocycles. The molecule has 0 atom stereocenters. The molecular weight excluding hydrogens is 258 g/mol. The van der Waals surface area contributed by atoms with Gasteiger partial charge in [0.05, 0.1) is 0 Å². The number of unbranched alkanes of at least 4 members (excludes halogenated alkanes) is 11. The van der Waals surface area contributed by atoms with Crippen molar-refractivity contribution >= 4 is 5.91 Å². The summed E-state index contributed by atoms with van der Waals surface area (Å²) in [7, 11) is 1.97.